The third kappa shape index (κ3) is 3.50. The molecule has 3 nitrogen and oxygen atoms in total. The standard InChI is InChI=1S/C17H20N2OS/c20-17(14-9-12-21-13-14)19-11-4-2-6-16(19)8-7-15-5-1-3-10-18-15/h1,3,5,9-10,12-13,16H,2,4,6-8,11H2. The van der Waals surface area contributed by atoms with Crippen molar-refractivity contribution >= 4 is 17.2 Å². The number of rotatable bonds is 4. The summed E-state index contributed by atoms with van der Waals surface area (Å²) < 4.78 is 0. The summed E-state index contributed by atoms with van der Waals surface area (Å²) >= 11 is 1.59. The molecule has 110 valence electrons. The lowest BCUT2D eigenvalue weighted by molar-refractivity contribution is 0.0602. The Morgan fingerprint density at radius 2 is 2.29 bits per heavy atom. The molecule has 0 bridgehead atoms. The number of thiophene rings is 1. The van der Waals surface area contributed by atoms with Crippen LogP contribution in [0.3, 0.4) is 0 Å². The Balaban J connectivity index is 1.65. The van der Waals surface area contributed by atoms with Crippen molar-refractivity contribution in [3.8, 4) is 0 Å². The van der Waals surface area contributed by atoms with Gasteiger partial charge in [-0.15, -0.1) is 0 Å². The number of hydrogen-bond donors (Lipinski definition) is 0. The van der Waals surface area contributed by atoms with Gasteiger partial charge in [-0.3, -0.25) is 9.78 Å². The summed E-state index contributed by atoms with van der Waals surface area (Å²) in [5, 5.41) is 3.92. The molecule has 3 heterocycles. The maximum Gasteiger partial charge on any atom is 0.254 e. The van der Waals surface area contributed by atoms with E-state index in [0.717, 1.165) is 43.5 Å². The van der Waals surface area contributed by atoms with E-state index in [1.54, 1.807) is 11.3 Å². The Morgan fingerprint density at radius 3 is 3.05 bits per heavy atom. The van der Waals surface area contributed by atoms with Crippen LogP contribution in [0.2, 0.25) is 0 Å². The van der Waals surface area contributed by atoms with Crippen molar-refractivity contribution < 1.29 is 4.79 Å². The first-order valence-corrected chi connectivity index (χ1v) is 8.52. The molecule has 0 aromatic carbocycles. The first-order valence-electron chi connectivity index (χ1n) is 7.57. The van der Waals surface area contributed by atoms with Crippen LogP contribution in [0.15, 0.2) is 41.2 Å². The highest BCUT2D eigenvalue weighted by atomic mass is 32.1. The Morgan fingerprint density at radius 1 is 1.33 bits per heavy atom. The fourth-order valence-corrected chi connectivity index (χ4v) is 3.61. The fourth-order valence-electron chi connectivity index (χ4n) is 2.98. The quantitative estimate of drug-likeness (QED) is 0.861. The summed E-state index contributed by atoms with van der Waals surface area (Å²) in [6, 6.07) is 8.31. The van der Waals surface area contributed by atoms with E-state index in [0.29, 0.717) is 6.04 Å². The van der Waals surface area contributed by atoms with E-state index in [4.69, 9.17) is 0 Å². The zero-order chi connectivity index (χ0) is 14.5. The first-order chi connectivity index (χ1) is 10.3. The largest absolute Gasteiger partial charge is 0.336 e. The molecule has 4 heteroatoms. The predicted octanol–water partition coefficient (Wildman–Crippen LogP) is 3.77. The van der Waals surface area contributed by atoms with Gasteiger partial charge in [-0.25, -0.2) is 0 Å². The van der Waals surface area contributed by atoms with Crippen LogP contribution in [-0.2, 0) is 6.42 Å². The maximum atomic E-state index is 12.6. The second-order valence-electron chi connectivity index (χ2n) is 5.52. The van der Waals surface area contributed by atoms with Gasteiger partial charge in [0.2, 0.25) is 0 Å². The van der Waals surface area contributed by atoms with E-state index in [9.17, 15) is 4.79 Å². The number of piperidine rings is 1. The Labute approximate surface area is 129 Å². The molecule has 1 fully saturated rings. The van der Waals surface area contributed by atoms with E-state index in [-0.39, 0.29) is 5.91 Å². The highest BCUT2D eigenvalue weighted by Gasteiger charge is 2.27. The molecule has 0 aliphatic carbocycles. The van der Waals surface area contributed by atoms with E-state index in [1.807, 2.05) is 35.2 Å². The van der Waals surface area contributed by atoms with Crippen LogP contribution >= 0.6 is 11.3 Å². The number of nitrogens with zero attached hydrogens (tertiary/aromatic N) is 2. The van der Waals surface area contributed by atoms with Crippen LogP contribution < -0.4 is 0 Å². The zero-order valence-electron chi connectivity index (χ0n) is 12.1. The van der Waals surface area contributed by atoms with Gasteiger partial charge in [0.15, 0.2) is 0 Å². The molecule has 1 unspecified atom stereocenters. The number of pyridine rings is 1. The van der Waals surface area contributed by atoms with Gasteiger partial charge in [0.25, 0.3) is 5.91 Å². The fraction of sp³-hybridized carbons (Fsp3) is 0.412. The zero-order valence-corrected chi connectivity index (χ0v) is 12.9. The minimum absolute atomic E-state index is 0.196. The van der Waals surface area contributed by atoms with E-state index < -0.39 is 0 Å². The Kier molecular flexibility index (Phi) is 4.65. The Hall–Kier alpha value is -1.68. The monoisotopic (exact) mass is 300 g/mol. The first kappa shape index (κ1) is 14.3. The number of aromatic nitrogens is 1. The van der Waals surface area contributed by atoms with Gasteiger partial charge in [0.05, 0.1) is 5.56 Å². The number of likely N-dealkylation sites (tertiary alicyclic amines) is 1. The van der Waals surface area contributed by atoms with Gasteiger partial charge in [-0.2, -0.15) is 11.3 Å². The van der Waals surface area contributed by atoms with Gasteiger partial charge >= 0.3 is 0 Å². The van der Waals surface area contributed by atoms with Crippen LogP contribution in [0.1, 0.15) is 41.7 Å². The minimum Gasteiger partial charge on any atom is -0.336 e. The summed E-state index contributed by atoms with van der Waals surface area (Å²) in [4.78, 5) is 19.1. The van der Waals surface area contributed by atoms with Crippen molar-refractivity contribution in [2.45, 2.75) is 38.1 Å². The van der Waals surface area contributed by atoms with Crippen molar-refractivity contribution in [2.24, 2.45) is 0 Å². The number of hydrogen-bond acceptors (Lipinski definition) is 3. The van der Waals surface area contributed by atoms with Crippen molar-refractivity contribution in [1.82, 2.24) is 9.88 Å². The summed E-state index contributed by atoms with van der Waals surface area (Å²) in [6.07, 6.45) is 7.25. The highest BCUT2D eigenvalue weighted by Crippen LogP contribution is 2.23. The van der Waals surface area contributed by atoms with Gasteiger partial charge in [-0.1, -0.05) is 6.07 Å². The third-order valence-corrected chi connectivity index (χ3v) is 4.80. The molecule has 0 saturated carbocycles. The topological polar surface area (TPSA) is 33.2 Å². The molecule has 0 spiro atoms. The number of amides is 1. The SMILES string of the molecule is O=C(c1ccsc1)N1CCCCC1CCc1ccccn1. The number of carbonyl (C=O) groups excluding carboxylic acids is 1. The highest BCUT2D eigenvalue weighted by molar-refractivity contribution is 7.08. The summed E-state index contributed by atoms with van der Waals surface area (Å²) in [6.45, 7) is 0.890. The second kappa shape index (κ2) is 6.85. The molecule has 3 rings (SSSR count). The number of aryl methyl sites for hydroxylation is 1. The summed E-state index contributed by atoms with van der Waals surface area (Å²) in [5.74, 6) is 0.196. The van der Waals surface area contributed by atoms with Crippen molar-refractivity contribution in [3.63, 3.8) is 0 Å². The van der Waals surface area contributed by atoms with Crippen molar-refractivity contribution in [1.29, 1.82) is 0 Å². The molecule has 1 aliphatic heterocycles. The average molecular weight is 300 g/mol. The third-order valence-electron chi connectivity index (χ3n) is 4.12. The molecule has 0 radical (unpaired) electrons. The summed E-state index contributed by atoms with van der Waals surface area (Å²) in [7, 11) is 0. The average Bonchev–Trinajstić information content (AvgIpc) is 3.08. The molecule has 1 atom stereocenters. The summed E-state index contributed by atoms with van der Waals surface area (Å²) in [5.41, 5.74) is 1.95. The molecule has 1 aliphatic rings. The predicted molar refractivity (Wildman–Crippen MR) is 85.6 cm³/mol. The van der Waals surface area contributed by atoms with Crippen LogP contribution in [0.5, 0.6) is 0 Å². The van der Waals surface area contributed by atoms with Crippen LogP contribution in [0, 0.1) is 0 Å². The molecule has 21 heavy (non-hydrogen) atoms. The normalized spacial score (nSPS) is 18.7. The molecule has 2 aromatic heterocycles. The van der Waals surface area contributed by atoms with Gasteiger partial charge in [0.1, 0.15) is 0 Å². The van der Waals surface area contributed by atoms with E-state index >= 15 is 0 Å². The van der Waals surface area contributed by atoms with Crippen LogP contribution in [-0.4, -0.2) is 28.4 Å². The molecule has 2 aromatic rings. The van der Waals surface area contributed by atoms with Gasteiger partial charge < -0.3 is 4.90 Å². The molecule has 0 N–H and O–H groups in total. The van der Waals surface area contributed by atoms with Crippen molar-refractivity contribution in [3.05, 3.63) is 52.5 Å². The van der Waals surface area contributed by atoms with E-state index in [2.05, 4.69) is 16.0 Å². The van der Waals surface area contributed by atoms with Gasteiger partial charge in [-0.05, 0) is 55.7 Å². The molecular formula is C17H20N2OS. The van der Waals surface area contributed by atoms with Crippen molar-refractivity contribution in [2.75, 3.05) is 6.54 Å². The van der Waals surface area contributed by atoms with Crippen LogP contribution in [0.25, 0.3) is 0 Å². The Bertz CT molecular complexity index is 568. The second-order valence-corrected chi connectivity index (χ2v) is 6.30. The molecular weight excluding hydrogens is 280 g/mol. The van der Waals surface area contributed by atoms with Crippen LogP contribution in [0.4, 0.5) is 0 Å². The lowest BCUT2D eigenvalue weighted by Crippen LogP contribution is -2.43. The maximum absolute atomic E-state index is 12.6. The van der Waals surface area contributed by atoms with E-state index in [1.165, 1.54) is 6.42 Å². The lowest BCUT2D eigenvalue weighted by atomic mass is 9.96. The molecule has 1 amide bonds. The number of carbonyl (C=O) groups is 1. The van der Waals surface area contributed by atoms with Gasteiger partial charge in [0, 0.05) is 29.9 Å². The molecule has 1 saturated heterocycles. The smallest absolute Gasteiger partial charge is 0.254 e. The lowest BCUT2D eigenvalue weighted by Gasteiger charge is -2.35. The minimum atomic E-state index is 0.196.